The van der Waals surface area contributed by atoms with Crippen molar-refractivity contribution in [1.29, 1.82) is 0 Å². The summed E-state index contributed by atoms with van der Waals surface area (Å²) in [6.07, 6.45) is 2.07. The molecule has 12 heavy (non-hydrogen) atoms. The van der Waals surface area contributed by atoms with E-state index in [4.69, 9.17) is 0 Å². The van der Waals surface area contributed by atoms with Crippen LogP contribution in [-0.2, 0) is 13.1 Å². The van der Waals surface area contributed by atoms with Crippen molar-refractivity contribution in [3.8, 4) is 0 Å². The number of rotatable bonds is 4. The van der Waals surface area contributed by atoms with E-state index in [1.807, 2.05) is 6.92 Å². The summed E-state index contributed by atoms with van der Waals surface area (Å²) in [7, 11) is 0. The third kappa shape index (κ3) is 1.93. The Balaban J connectivity index is 2.71. The highest BCUT2D eigenvalue weighted by Crippen LogP contribution is 1.86. The fraction of sp³-hybridized carbons (Fsp3) is 0.857. The van der Waals surface area contributed by atoms with E-state index in [1.54, 1.807) is 0 Å². The van der Waals surface area contributed by atoms with Gasteiger partial charge in [-0.3, -0.25) is 0 Å². The van der Waals surface area contributed by atoms with Gasteiger partial charge in [-0.25, -0.2) is 4.79 Å². The highest BCUT2D eigenvalue weighted by molar-refractivity contribution is 4.47. The summed E-state index contributed by atoms with van der Waals surface area (Å²) in [6, 6.07) is 0. The number of aryl methyl sites for hydroxylation is 2. The Hall–Kier alpha value is -1.13. The molecule has 68 valence electrons. The van der Waals surface area contributed by atoms with E-state index in [9.17, 15) is 4.79 Å². The van der Waals surface area contributed by atoms with Crippen LogP contribution in [0.15, 0.2) is 4.79 Å². The van der Waals surface area contributed by atoms with E-state index < -0.39 is 0 Å². The molecule has 0 aliphatic heterocycles. The van der Waals surface area contributed by atoms with Gasteiger partial charge in [0.2, 0.25) is 0 Å². The quantitative estimate of drug-likeness (QED) is 0.631. The molecule has 0 bridgehead atoms. The summed E-state index contributed by atoms with van der Waals surface area (Å²) in [4.78, 5) is 12.7. The SMILES string of the molecule is CCCCn1n[n+](CC)[nH]c1=O. The molecule has 0 aliphatic rings. The number of hydrogen-bond donors (Lipinski definition) is 1. The summed E-state index contributed by atoms with van der Waals surface area (Å²) in [5, 5.41) is 6.65. The molecule has 0 saturated heterocycles. The Kier molecular flexibility index (Phi) is 3.01. The van der Waals surface area contributed by atoms with Crippen LogP contribution in [-0.4, -0.2) is 15.0 Å². The minimum absolute atomic E-state index is 0.120. The lowest BCUT2D eigenvalue weighted by atomic mass is 10.3. The first kappa shape index (κ1) is 8.96. The van der Waals surface area contributed by atoms with E-state index in [0.717, 1.165) is 12.8 Å². The van der Waals surface area contributed by atoms with E-state index in [-0.39, 0.29) is 5.69 Å². The molecule has 1 heterocycles. The van der Waals surface area contributed by atoms with Gasteiger partial charge in [-0.1, -0.05) is 22.8 Å². The molecule has 1 rings (SSSR count). The summed E-state index contributed by atoms with van der Waals surface area (Å²) in [5.74, 6) is 0. The van der Waals surface area contributed by atoms with Gasteiger partial charge in [-0.2, -0.15) is 0 Å². The Bertz CT molecular complexity index is 288. The molecule has 0 saturated carbocycles. The highest BCUT2D eigenvalue weighted by Gasteiger charge is 2.09. The number of nitrogens with one attached hydrogen (secondary N) is 1. The molecule has 0 aliphatic carbocycles. The van der Waals surface area contributed by atoms with Crippen LogP contribution in [0.25, 0.3) is 0 Å². The molecule has 0 fully saturated rings. The second kappa shape index (κ2) is 4.04. The van der Waals surface area contributed by atoms with Crippen LogP contribution in [0.3, 0.4) is 0 Å². The van der Waals surface area contributed by atoms with Crippen molar-refractivity contribution in [3.63, 3.8) is 0 Å². The minimum Gasteiger partial charge on any atom is -0.215 e. The zero-order valence-corrected chi connectivity index (χ0v) is 7.58. The molecular formula is C7H15N4O+. The highest BCUT2D eigenvalue weighted by atomic mass is 16.2. The van der Waals surface area contributed by atoms with Gasteiger partial charge in [0.25, 0.3) is 0 Å². The standard InChI is InChI=1S/C7H14N4O/c1-3-5-6-10-7(12)8-11(4-2)9-10/h3-6H2,1-2H3/p+1. The van der Waals surface area contributed by atoms with Crippen LogP contribution < -0.4 is 10.5 Å². The molecule has 5 heteroatoms. The number of unbranched alkanes of at least 4 members (excludes halogenated alkanes) is 1. The molecule has 0 amide bonds. The largest absolute Gasteiger partial charge is 0.465 e. The smallest absolute Gasteiger partial charge is 0.215 e. The van der Waals surface area contributed by atoms with Crippen LogP contribution in [0.5, 0.6) is 0 Å². The number of H-pyrrole nitrogens is 1. The van der Waals surface area contributed by atoms with Gasteiger partial charge in [-0.05, 0) is 13.3 Å². The van der Waals surface area contributed by atoms with Gasteiger partial charge in [0, 0.05) is 0 Å². The third-order valence-corrected chi connectivity index (χ3v) is 1.70. The molecule has 0 radical (unpaired) electrons. The number of nitrogens with zero attached hydrogens (tertiary/aromatic N) is 3. The van der Waals surface area contributed by atoms with Crippen molar-refractivity contribution in [2.75, 3.05) is 0 Å². The van der Waals surface area contributed by atoms with E-state index in [0.29, 0.717) is 13.1 Å². The van der Waals surface area contributed by atoms with Gasteiger partial charge < -0.3 is 0 Å². The zero-order valence-electron chi connectivity index (χ0n) is 7.58. The Morgan fingerprint density at radius 1 is 1.58 bits per heavy atom. The number of hydrogen-bond acceptors (Lipinski definition) is 2. The van der Waals surface area contributed by atoms with Gasteiger partial charge in [0.1, 0.15) is 18.3 Å². The third-order valence-electron chi connectivity index (χ3n) is 1.70. The molecule has 5 nitrogen and oxygen atoms in total. The topological polar surface area (TPSA) is 54.6 Å². The van der Waals surface area contributed by atoms with Crippen molar-refractivity contribution < 1.29 is 4.80 Å². The first-order valence-corrected chi connectivity index (χ1v) is 4.35. The molecule has 0 unspecified atom stereocenters. The summed E-state index contributed by atoms with van der Waals surface area (Å²) >= 11 is 0. The molecule has 0 atom stereocenters. The molecule has 1 aromatic rings. The van der Waals surface area contributed by atoms with Gasteiger partial charge in [0.15, 0.2) is 0 Å². The van der Waals surface area contributed by atoms with Gasteiger partial charge >= 0.3 is 5.69 Å². The normalized spacial score (nSPS) is 10.5. The first-order valence-electron chi connectivity index (χ1n) is 4.35. The maximum atomic E-state index is 11.1. The van der Waals surface area contributed by atoms with Crippen LogP contribution in [0.1, 0.15) is 26.7 Å². The molecule has 0 spiro atoms. The molecule has 1 N–H and O–H groups in total. The number of aromatic nitrogens is 4. The minimum atomic E-state index is -0.120. The van der Waals surface area contributed by atoms with Crippen LogP contribution >= 0.6 is 0 Å². The Morgan fingerprint density at radius 3 is 2.83 bits per heavy atom. The fourth-order valence-corrected chi connectivity index (χ4v) is 0.958. The van der Waals surface area contributed by atoms with Crippen molar-refractivity contribution in [3.05, 3.63) is 10.5 Å². The van der Waals surface area contributed by atoms with E-state index in [1.165, 1.54) is 9.48 Å². The molecular weight excluding hydrogens is 156 g/mol. The predicted octanol–water partition coefficient (Wildman–Crippen LogP) is -0.321. The monoisotopic (exact) mass is 171 g/mol. The van der Waals surface area contributed by atoms with Crippen LogP contribution in [0, 0.1) is 0 Å². The predicted molar refractivity (Wildman–Crippen MR) is 43.6 cm³/mol. The lowest BCUT2D eigenvalue weighted by Gasteiger charge is -1.86. The van der Waals surface area contributed by atoms with Crippen molar-refractivity contribution in [1.82, 2.24) is 15.0 Å². The second-order valence-corrected chi connectivity index (χ2v) is 2.70. The van der Waals surface area contributed by atoms with Crippen LogP contribution in [0.4, 0.5) is 0 Å². The van der Waals surface area contributed by atoms with Gasteiger partial charge in [-0.15, -0.1) is 5.10 Å². The fourth-order valence-electron chi connectivity index (χ4n) is 0.958. The summed E-state index contributed by atoms with van der Waals surface area (Å²) in [5.41, 5.74) is -0.120. The maximum absolute atomic E-state index is 11.1. The lowest BCUT2D eigenvalue weighted by Crippen LogP contribution is -2.39. The average Bonchev–Trinajstić information content (AvgIpc) is 2.43. The van der Waals surface area contributed by atoms with Crippen LogP contribution in [0.2, 0.25) is 0 Å². The van der Waals surface area contributed by atoms with Gasteiger partial charge in [0.05, 0.1) is 0 Å². The Labute approximate surface area is 71.0 Å². The molecule has 0 aromatic carbocycles. The second-order valence-electron chi connectivity index (χ2n) is 2.70. The number of aromatic amines is 1. The zero-order chi connectivity index (χ0) is 8.97. The Morgan fingerprint density at radius 2 is 2.33 bits per heavy atom. The average molecular weight is 171 g/mol. The van der Waals surface area contributed by atoms with Crippen molar-refractivity contribution in [2.24, 2.45) is 0 Å². The van der Waals surface area contributed by atoms with Crippen molar-refractivity contribution >= 4 is 0 Å². The van der Waals surface area contributed by atoms with E-state index >= 15 is 0 Å². The first-order chi connectivity index (χ1) is 5.77. The number of tetrazole rings is 1. The maximum Gasteiger partial charge on any atom is 0.465 e. The van der Waals surface area contributed by atoms with E-state index in [2.05, 4.69) is 17.2 Å². The lowest BCUT2D eigenvalue weighted by molar-refractivity contribution is -0.804. The summed E-state index contributed by atoms with van der Waals surface area (Å²) < 4.78 is 1.47. The van der Waals surface area contributed by atoms with Crippen molar-refractivity contribution in [2.45, 2.75) is 39.8 Å². The summed E-state index contributed by atoms with van der Waals surface area (Å²) in [6.45, 7) is 5.44. The molecule has 1 aromatic heterocycles.